The van der Waals surface area contributed by atoms with Gasteiger partial charge >= 0.3 is 5.69 Å². The number of rotatable bonds is 7. The molecule has 1 aromatic carbocycles. The van der Waals surface area contributed by atoms with Gasteiger partial charge in [-0.05, 0) is 56.9 Å². The van der Waals surface area contributed by atoms with E-state index in [2.05, 4.69) is 9.82 Å². The van der Waals surface area contributed by atoms with Crippen LogP contribution in [0.25, 0.3) is 11.6 Å². The molecule has 0 bridgehead atoms. The Balaban J connectivity index is 1.55. The average molecular weight is 417 g/mol. The van der Waals surface area contributed by atoms with E-state index in [1.807, 2.05) is 19.1 Å². The van der Waals surface area contributed by atoms with Crippen molar-refractivity contribution in [2.24, 2.45) is 0 Å². The second-order valence-corrected chi connectivity index (χ2v) is 9.24. The molecule has 4 rings (SSSR count). The Morgan fingerprint density at radius 1 is 1.21 bits per heavy atom. The van der Waals surface area contributed by atoms with E-state index in [0.717, 1.165) is 18.4 Å². The molecule has 1 aliphatic carbocycles. The molecule has 29 heavy (non-hydrogen) atoms. The average Bonchev–Trinajstić information content (AvgIpc) is 3.20. The van der Waals surface area contributed by atoms with E-state index in [-0.39, 0.29) is 29.7 Å². The molecule has 1 fully saturated rings. The van der Waals surface area contributed by atoms with E-state index in [0.29, 0.717) is 22.7 Å². The van der Waals surface area contributed by atoms with Gasteiger partial charge in [0.2, 0.25) is 15.8 Å². The van der Waals surface area contributed by atoms with Crippen LogP contribution in [0.5, 0.6) is 0 Å². The summed E-state index contributed by atoms with van der Waals surface area (Å²) in [6.45, 7) is 5.70. The lowest BCUT2D eigenvalue weighted by atomic mass is 10.1. The molecule has 2 aromatic heterocycles. The van der Waals surface area contributed by atoms with Gasteiger partial charge in [-0.2, -0.15) is 0 Å². The number of hydrogen-bond acceptors (Lipinski definition) is 5. The van der Waals surface area contributed by atoms with Crippen molar-refractivity contribution in [2.45, 2.75) is 51.1 Å². The van der Waals surface area contributed by atoms with Gasteiger partial charge in [-0.15, -0.1) is 5.10 Å². The maximum absolute atomic E-state index is 12.8. The van der Waals surface area contributed by atoms with Crippen molar-refractivity contribution in [3.63, 3.8) is 0 Å². The molecule has 0 radical (unpaired) electrons. The molecule has 0 saturated heterocycles. The highest BCUT2D eigenvalue weighted by atomic mass is 32.2. The molecule has 2 heterocycles. The minimum atomic E-state index is -3.69. The number of aromatic nitrogens is 3. The summed E-state index contributed by atoms with van der Waals surface area (Å²) in [5, 5.41) is 4.39. The van der Waals surface area contributed by atoms with Gasteiger partial charge in [0.05, 0.1) is 17.7 Å². The predicted molar refractivity (Wildman–Crippen MR) is 108 cm³/mol. The van der Waals surface area contributed by atoms with Crippen LogP contribution < -0.4 is 10.4 Å². The predicted octanol–water partition coefficient (Wildman–Crippen LogP) is 2.54. The number of sulfonamides is 1. The van der Waals surface area contributed by atoms with Gasteiger partial charge in [0.25, 0.3) is 0 Å². The maximum atomic E-state index is 12.8. The molecule has 3 aromatic rings. The quantitative estimate of drug-likeness (QED) is 0.638. The van der Waals surface area contributed by atoms with E-state index in [9.17, 15) is 13.2 Å². The van der Waals surface area contributed by atoms with Crippen LogP contribution in [0.15, 0.2) is 44.6 Å². The normalized spacial score (nSPS) is 14.4. The topological polar surface area (TPSA) is 99.1 Å². The summed E-state index contributed by atoms with van der Waals surface area (Å²) >= 11 is 0. The summed E-state index contributed by atoms with van der Waals surface area (Å²) in [4.78, 5) is 13.1. The van der Waals surface area contributed by atoms with Gasteiger partial charge in [-0.25, -0.2) is 22.6 Å². The van der Waals surface area contributed by atoms with Crippen LogP contribution in [0.4, 0.5) is 0 Å². The van der Waals surface area contributed by atoms with Crippen LogP contribution in [0.2, 0.25) is 0 Å². The second-order valence-electron chi connectivity index (χ2n) is 7.53. The third-order valence-corrected chi connectivity index (χ3v) is 6.78. The summed E-state index contributed by atoms with van der Waals surface area (Å²) in [5.41, 5.74) is 2.16. The summed E-state index contributed by atoms with van der Waals surface area (Å²) in [7, 11) is -3.69. The monoisotopic (exact) mass is 416 g/mol. The maximum Gasteiger partial charge on any atom is 0.346 e. The molecule has 0 aliphatic heterocycles. The lowest BCUT2D eigenvalue weighted by molar-refractivity contribution is 0.546. The molecule has 1 aliphatic rings. The summed E-state index contributed by atoms with van der Waals surface area (Å²) in [6.07, 6.45) is 3.40. The molecular weight excluding hydrogens is 392 g/mol. The lowest BCUT2D eigenvalue weighted by Gasteiger charge is -2.13. The largest absolute Gasteiger partial charge is 0.461 e. The fraction of sp³-hybridized carbons (Fsp3) is 0.400. The zero-order valence-electron chi connectivity index (χ0n) is 16.7. The molecule has 0 amide bonds. The van der Waals surface area contributed by atoms with Crippen molar-refractivity contribution in [3.05, 3.63) is 57.7 Å². The van der Waals surface area contributed by atoms with E-state index < -0.39 is 10.0 Å². The van der Waals surface area contributed by atoms with Gasteiger partial charge in [-0.1, -0.05) is 17.7 Å². The molecule has 1 N–H and O–H groups in total. The van der Waals surface area contributed by atoms with Crippen LogP contribution in [-0.4, -0.2) is 29.3 Å². The highest BCUT2D eigenvalue weighted by Gasteiger charge is 2.31. The van der Waals surface area contributed by atoms with Gasteiger partial charge in [0.1, 0.15) is 0 Å². The van der Waals surface area contributed by atoms with Crippen LogP contribution in [0, 0.1) is 20.8 Å². The zero-order valence-corrected chi connectivity index (χ0v) is 17.5. The summed E-state index contributed by atoms with van der Waals surface area (Å²) < 4.78 is 36.5. The Kier molecular flexibility index (Phi) is 4.95. The van der Waals surface area contributed by atoms with Gasteiger partial charge in [0, 0.05) is 12.6 Å². The van der Waals surface area contributed by atoms with Crippen molar-refractivity contribution in [1.82, 2.24) is 19.1 Å². The van der Waals surface area contributed by atoms with Crippen LogP contribution in [0.3, 0.4) is 0 Å². The summed E-state index contributed by atoms with van der Waals surface area (Å²) in [5.74, 6) is 1.01. The first-order valence-corrected chi connectivity index (χ1v) is 11.1. The zero-order chi connectivity index (χ0) is 20.8. The molecule has 1 saturated carbocycles. The molecule has 0 unspecified atom stereocenters. The number of aryl methyl sites for hydroxylation is 3. The smallest absolute Gasteiger partial charge is 0.346 e. The fourth-order valence-electron chi connectivity index (χ4n) is 3.75. The second kappa shape index (κ2) is 7.31. The SMILES string of the molecule is Cc1cc(C)c(S(=O)(=O)NCCn2nc(-c3ccco3)n(C3CC3)c2=O)c(C)c1. The first-order chi connectivity index (χ1) is 13.8. The third kappa shape index (κ3) is 3.79. The minimum Gasteiger partial charge on any atom is -0.461 e. The van der Waals surface area contributed by atoms with E-state index in [4.69, 9.17) is 4.42 Å². The fourth-order valence-corrected chi connectivity index (χ4v) is 5.22. The standard InChI is InChI=1S/C20H24N4O4S/c1-13-11-14(2)18(15(3)12-13)29(26,27)21-8-9-23-20(25)24(16-6-7-16)19(22-23)17-5-4-10-28-17/h4-5,10-12,16,21H,6-9H2,1-3H3. The Morgan fingerprint density at radius 3 is 2.48 bits per heavy atom. The number of hydrogen-bond donors (Lipinski definition) is 1. The van der Waals surface area contributed by atoms with E-state index in [1.54, 1.807) is 30.5 Å². The Labute approximate surface area is 169 Å². The molecular formula is C20H24N4O4S. The van der Waals surface area contributed by atoms with Gasteiger partial charge < -0.3 is 4.42 Å². The lowest BCUT2D eigenvalue weighted by Crippen LogP contribution is -2.32. The van der Waals surface area contributed by atoms with Crippen molar-refractivity contribution < 1.29 is 12.8 Å². The van der Waals surface area contributed by atoms with Gasteiger partial charge in [-0.3, -0.25) is 4.57 Å². The third-order valence-electron chi connectivity index (χ3n) is 5.01. The number of furan rings is 1. The van der Waals surface area contributed by atoms with Crippen LogP contribution in [-0.2, 0) is 16.6 Å². The van der Waals surface area contributed by atoms with Crippen LogP contribution >= 0.6 is 0 Å². The van der Waals surface area contributed by atoms with E-state index in [1.165, 1.54) is 10.9 Å². The minimum absolute atomic E-state index is 0.0638. The summed E-state index contributed by atoms with van der Waals surface area (Å²) in [6, 6.07) is 7.33. The van der Waals surface area contributed by atoms with Crippen molar-refractivity contribution >= 4 is 10.0 Å². The first-order valence-electron chi connectivity index (χ1n) is 9.58. The number of nitrogens with one attached hydrogen (secondary N) is 1. The number of nitrogens with zero attached hydrogens (tertiary/aromatic N) is 3. The van der Waals surface area contributed by atoms with E-state index >= 15 is 0 Å². The Bertz CT molecular complexity index is 1180. The van der Waals surface area contributed by atoms with Crippen molar-refractivity contribution in [2.75, 3.05) is 6.54 Å². The highest BCUT2D eigenvalue weighted by Crippen LogP contribution is 2.36. The molecule has 154 valence electrons. The molecule has 0 spiro atoms. The van der Waals surface area contributed by atoms with Crippen LogP contribution in [0.1, 0.15) is 35.6 Å². The Morgan fingerprint density at radius 2 is 1.90 bits per heavy atom. The molecule has 0 atom stereocenters. The van der Waals surface area contributed by atoms with Gasteiger partial charge in [0.15, 0.2) is 5.76 Å². The molecule has 9 heteroatoms. The first kappa shape index (κ1) is 19.7. The number of benzene rings is 1. The Hall–Kier alpha value is -2.65. The molecule has 8 nitrogen and oxygen atoms in total. The van der Waals surface area contributed by atoms with Crippen molar-refractivity contribution in [1.29, 1.82) is 0 Å². The van der Waals surface area contributed by atoms with Crippen molar-refractivity contribution in [3.8, 4) is 11.6 Å². The highest BCUT2D eigenvalue weighted by molar-refractivity contribution is 7.89.